The zero-order chi connectivity index (χ0) is 17.1. The van der Waals surface area contributed by atoms with Gasteiger partial charge in [0.05, 0.1) is 19.0 Å². The Morgan fingerprint density at radius 3 is 2.75 bits per heavy atom. The molecule has 0 spiro atoms. The van der Waals surface area contributed by atoms with Crippen LogP contribution in [0.3, 0.4) is 0 Å². The van der Waals surface area contributed by atoms with Gasteiger partial charge in [-0.15, -0.1) is 0 Å². The Bertz CT molecular complexity index is 661. The van der Waals surface area contributed by atoms with Crippen LogP contribution in [0.1, 0.15) is 38.9 Å². The normalized spacial score (nSPS) is 21.3. The molecule has 3 rings (SSSR count). The lowest BCUT2D eigenvalue weighted by Crippen LogP contribution is -2.41. The smallest absolute Gasteiger partial charge is 0.324 e. The largest absolute Gasteiger partial charge is 0.490 e. The van der Waals surface area contributed by atoms with Gasteiger partial charge >= 0.3 is 6.01 Å². The minimum atomic E-state index is 0.226. The first-order valence-corrected chi connectivity index (χ1v) is 8.59. The highest BCUT2D eigenvalue weighted by atomic mass is 35.5. The molecule has 0 saturated carbocycles. The van der Waals surface area contributed by atoms with E-state index in [-0.39, 0.29) is 11.2 Å². The molecular weight excluding hydrogens is 330 g/mol. The molecule has 0 radical (unpaired) electrons. The van der Waals surface area contributed by atoms with Crippen molar-refractivity contribution < 1.29 is 9.26 Å². The Kier molecular flexibility index (Phi) is 5.18. The SMILES string of the molecule is CC(C)c1noc(N2CC[C@@H](COc3cnc(Cl)nc3)[C@@H](C)C2)n1. The summed E-state index contributed by atoms with van der Waals surface area (Å²) in [7, 11) is 0. The summed E-state index contributed by atoms with van der Waals surface area (Å²) in [6, 6.07) is 0.621. The second-order valence-corrected chi connectivity index (χ2v) is 6.90. The van der Waals surface area contributed by atoms with Crippen molar-refractivity contribution in [3.8, 4) is 5.75 Å². The number of ether oxygens (including phenoxy) is 1. The number of aromatic nitrogens is 4. The first-order valence-electron chi connectivity index (χ1n) is 8.22. The van der Waals surface area contributed by atoms with Crippen LogP contribution < -0.4 is 9.64 Å². The van der Waals surface area contributed by atoms with Crippen molar-refractivity contribution >= 4 is 17.6 Å². The summed E-state index contributed by atoms with van der Waals surface area (Å²) in [5.74, 6) is 2.59. The average molecular weight is 352 g/mol. The van der Waals surface area contributed by atoms with Crippen LogP contribution in [0.2, 0.25) is 5.28 Å². The van der Waals surface area contributed by atoms with Crippen molar-refractivity contribution in [2.24, 2.45) is 11.8 Å². The molecule has 130 valence electrons. The Labute approximate surface area is 146 Å². The standard InChI is InChI=1S/C16H22ClN5O2/c1-10(2)14-20-16(24-21-14)22-5-4-12(11(3)8-22)9-23-13-6-18-15(17)19-7-13/h6-7,10-12H,4-5,8-9H2,1-3H3/t11-,12-/m0/s1. The molecular formula is C16H22ClN5O2. The zero-order valence-corrected chi connectivity index (χ0v) is 14.9. The molecule has 8 heteroatoms. The maximum atomic E-state index is 5.79. The van der Waals surface area contributed by atoms with Crippen molar-refractivity contribution in [1.82, 2.24) is 20.1 Å². The van der Waals surface area contributed by atoms with Crippen LogP contribution in [0, 0.1) is 11.8 Å². The molecule has 0 amide bonds. The van der Waals surface area contributed by atoms with Gasteiger partial charge in [-0.2, -0.15) is 4.98 Å². The monoisotopic (exact) mass is 351 g/mol. The van der Waals surface area contributed by atoms with E-state index < -0.39 is 0 Å². The fraction of sp³-hybridized carbons (Fsp3) is 0.625. The number of hydrogen-bond acceptors (Lipinski definition) is 7. The molecule has 1 aliphatic heterocycles. The third-order valence-electron chi connectivity index (χ3n) is 4.36. The van der Waals surface area contributed by atoms with Crippen LogP contribution in [-0.2, 0) is 0 Å². The number of anilines is 1. The van der Waals surface area contributed by atoms with Gasteiger partial charge in [-0.25, -0.2) is 9.97 Å². The summed E-state index contributed by atoms with van der Waals surface area (Å²) in [4.78, 5) is 14.5. The lowest BCUT2D eigenvalue weighted by Gasteiger charge is -2.35. The first-order chi connectivity index (χ1) is 11.5. The highest BCUT2D eigenvalue weighted by Gasteiger charge is 2.29. The first kappa shape index (κ1) is 17.0. The second-order valence-electron chi connectivity index (χ2n) is 6.56. The van der Waals surface area contributed by atoms with Crippen LogP contribution in [0.25, 0.3) is 0 Å². The van der Waals surface area contributed by atoms with E-state index in [0.29, 0.717) is 30.2 Å². The molecule has 0 aliphatic carbocycles. The predicted octanol–water partition coefficient (Wildman–Crippen LogP) is 3.18. The van der Waals surface area contributed by atoms with E-state index >= 15 is 0 Å². The zero-order valence-electron chi connectivity index (χ0n) is 14.1. The number of nitrogens with zero attached hydrogens (tertiary/aromatic N) is 5. The number of rotatable bonds is 5. The van der Waals surface area contributed by atoms with E-state index in [9.17, 15) is 0 Å². The lowest BCUT2D eigenvalue weighted by molar-refractivity contribution is 0.175. The molecule has 1 aliphatic rings. The highest BCUT2D eigenvalue weighted by Crippen LogP contribution is 2.28. The van der Waals surface area contributed by atoms with Crippen LogP contribution in [0.15, 0.2) is 16.9 Å². The minimum absolute atomic E-state index is 0.226. The van der Waals surface area contributed by atoms with E-state index in [4.69, 9.17) is 20.9 Å². The van der Waals surface area contributed by atoms with E-state index in [0.717, 1.165) is 25.3 Å². The summed E-state index contributed by atoms with van der Waals surface area (Å²) in [5.41, 5.74) is 0. The quantitative estimate of drug-likeness (QED) is 0.765. The lowest BCUT2D eigenvalue weighted by atomic mass is 9.88. The van der Waals surface area contributed by atoms with Crippen molar-refractivity contribution in [2.45, 2.75) is 33.1 Å². The number of piperidine rings is 1. The summed E-state index contributed by atoms with van der Waals surface area (Å²) in [6.45, 7) is 8.74. The third-order valence-corrected chi connectivity index (χ3v) is 4.56. The molecule has 0 aromatic carbocycles. The van der Waals surface area contributed by atoms with Crippen LogP contribution in [0.4, 0.5) is 6.01 Å². The van der Waals surface area contributed by atoms with Gasteiger partial charge in [0.1, 0.15) is 0 Å². The molecule has 2 aromatic rings. The third kappa shape index (κ3) is 3.95. The minimum Gasteiger partial charge on any atom is -0.490 e. The summed E-state index contributed by atoms with van der Waals surface area (Å²) < 4.78 is 11.2. The molecule has 0 N–H and O–H groups in total. The predicted molar refractivity (Wildman–Crippen MR) is 90.4 cm³/mol. The molecule has 1 fully saturated rings. The Balaban J connectivity index is 1.53. The van der Waals surface area contributed by atoms with Gasteiger partial charge in [-0.05, 0) is 29.9 Å². The van der Waals surface area contributed by atoms with E-state index in [1.165, 1.54) is 0 Å². The Morgan fingerprint density at radius 1 is 1.38 bits per heavy atom. The molecule has 3 heterocycles. The summed E-state index contributed by atoms with van der Waals surface area (Å²) in [5, 5.41) is 4.27. The molecule has 1 saturated heterocycles. The number of hydrogen-bond donors (Lipinski definition) is 0. The van der Waals surface area contributed by atoms with Gasteiger partial charge in [0, 0.05) is 19.0 Å². The molecule has 0 unspecified atom stereocenters. The van der Waals surface area contributed by atoms with E-state index in [1.54, 1.807) is 12.4 Å². The van der Waals surface area contributed by atoms with Crippen LogP contribution in [-0.4, -0.2) is 39.8 Å². The van der Waals surface area contributed by atoms with Crippen molar-refractivity contribution in [1.29, 1.82) is 0 Å². The van der Waals surface area contributed by atoms with Crippen molar-refractivity contribution in [2.75, 3.05) is 24.6 Å². The number of halogens is 1. The molecule has 7 nitrogen and oxygen atoms in total. The topological polar surface area (TPSA) is 77.2 Å². The van der Waals surface area contributed by atoms with E-state index in [1.807, 2.05) is 0 Å². The molecule has 0 bridgehead atoms. The fourth-order valence-corrected chi connectivity index (χ4v) is 2.88. The Morgan fingerprint density at radius 2 is 2.12 bits per heavy atom. The second kappa shape index (κ2) is 7.34. The average Bonchev–Trinajstić information content (AvgIpc) is 3.05. The van der Waals surface area contributed by atoms with Gasteiger partial charge < -0.3 is 14.2 Å². The molecule has 2 aromatic heterocycles. The maximum absolute atomic E-state index is 5.79. The maximum Gasteiger partial charge on any atom is 0.324 e. The van der Waals surface area contributed by atoms with Gasteiger partial charge in [-0.1, -0.05) is 25.9 Å². The molecule has 2 atom stereocenters. The summed E-state index contributed by atoms with van der Waals surface area (Å²) >= 11 is 5.68. The van der Waals surface area contributed by atoms with Gasteiger partial charge in [0.2, 0.25) is 5.28 Å². The fourth-order valence-electron chi connectivity index (χ4n) is 2.78. The van der Waals surface area contributed by atoms with Crippen LogP contribution in [0.5, 0.6) is 5.75 Å². The van der Waals surface area contributed by atoms with Crippen molar-refractivity contribution in [3.63, 3.8) is 0 Å². The molecule has 24 heavy (non-hydrogen) atoms. The van der Waals surface area contributed by atoms with Gasteiger partial charge in [-0.3, -0.25) is 0 Å². The van der Waals surface area contributed by atoms with Crippen LogP contribution >= 0.6 is 11.6 Å². The summed E-state index contributed by atoms with van der Waals surface area (Å²) in [6.07, 6.45) is 4.21. The van der Waals surface area contributed by atoms with Gasteiger partial charge in [0.15, 0.2) is 11.6 Å². The highest BCUT2D eigenvalue weighted by molar-refractivity contribution is 6.28. The van der Waals surface area contributed by atoms with Gasteiger partial charge in [0.25, 0.3) is 0 Å². The van der Waals surface area contributed by atoms with Crippen molar-refractivity contribution in [3.05, 3.63) is 23.5 Å². The van der Waals surface area contributed by atoms with E-state index in [2.05, 4.69) is 45.8 Å². The Hall–Kier alpha value is -1.89.